The number of esters is 1. The number of aryl methyl sites for hydroxylation is 3. The minimum absolute atomic E-state index is 0.0614. The molecule has 0 spiro atoms. The Morgan fingerprint density at radius 1 is 1.18 bits per heavy atom. The predicted octanol–water partition coefficient (Wildman–Crippen LogP) is 5.10. The molecule has 0 amide bonds. The Kier molecular flexibility index (Phi) is 5.61. The normalized spacial score (nSPS) is 10.8. The van der Waals surface area contributed by atoms with Crippen molar-refractivity contribution in [1.29, 1.82) is 0 Å². The van der Waals surface area contributed by atoms with Crippen molar-refractivity contribution in [3.05, 3.63) is 75.3 Å². The van der Waals surface area contributed by atoms with Crippen LogP contribution in [0.4, 0.5) is 4.39 Å². The van der Waals surface area contributed by atoms with E-state index in [0.717, 1.165) is 11.1 Å². The summed E-state index contributed by atoms with van der Waals surface area (Å²) < 4.78 is 24.4. The van der Waals surface area contributed by atoms with Gasteiger partial charge in [-0.15, -0.1) is 0 Å². The van der Waals surface area contributed by atoms with Crippen LogP contribution >= 0.6 is 11.6 Å². The smallest absolute Gasteiger partial charge is 0.344 e. The first-order valence-corrected chi connectivity index (χ1v) is 8.85. The summed E-state index contributed by atoms with van der Waals surface area (Å²) in [6.07, 6.45) is 0. The van der Waals surface area contributed by atoms with E-state index in [1.165, 1.54) is 25.1 Å². The van der Waals surface area contributed by atoms with Crippen molar-refractivity contribution in [2.75, 3.05) is 6.61 Å². The average molecular weight is 402 g/mol. The van der Waals surface area contributed by atoms with Gasteiger partial charge in [-0.05, 0) is 38.5 Å². The fourth-order valence-corrected chi connectivity index (χ4v) is 3.17. The molecule has 1 heterocycles. The molecule has 3 aromatic rings. The van der Waals surface area contributed by atoms with Gasteiger partial charge in [0.25, 0.3) is 0 Å². The van der Waals surface area contributed by atoms with Crippen LogP contribution in [0.3, 0.4) is 0 Å². The number of hydrogen-bond donors (Lipinski definition) is 0. The molecule has 0 radical (unpaired) electrons. The average Bonchev–Trinajstić information content (AvgIpc) is 3.00. The number of carbonyl (C=O) groups excluding carboxylic acids is 2. The summed E-state index contributed by atoms with van der Waals surface area (Å²) in [6.45, 7) is 4.77. The molecule has 5 nitrogen and oxygen atoms in total. The second-order valence-corrected chi connectivity index (χ2v) is 6.78. The van der Waals surface area contributed by atoms with E-state index >= 15 is 0 Å². The molecule has 1 aromatic heterocycles. The molecule has 0 unspecified atom stereocenters. The number of halogens is 2. The number of benzene rings is 2. The molecule has 0 saturated heterocycles. The maximum absolute atomic E-state index is 14.2. The van der Waals surface area contributed by atoms with E-state index in [1.54, 1.807) is 6.07 Å². The van der Waals surface area contributed by atoms with E-state index in [4.69, 9.17) is 20.9 Å². The lowest BCUT2D eigenvalue weighted by atomic mass is 10.0. The van der Waals surface area contributed by atoms with Crippen LogP contribution in [-0.4, -0.2) is 23.5 Å². The number of ether oxygens (including phenoxy) is 1. The number of carbonyl (C=O) groups is 2. The van der Waals surface area contributed by atoms with Gasteiger partial charge in [-0.3, -0.25) is 4.79 Å². The van der Waals surface area contributed by atoms with Crippen LogP contribution in [0.2, 0.25) is 5.02 Å². The fraction of sp³-hybridized carbons (Fsp3) is 0.190. The summed E-state index contributed by atoms with van der Waals surface area (Å²) in [5.41, 5.74) is 2.09. The Hall–Kier alpha value is -2.99. The Bertz CT molecular complexity index is 1050. The van der Waals surface area contributed by atoms with Crippen LogP contribution in [-0.2, 0) is 4.74 Å². The van der Waals surface area contributed by atoms with Gasteiger partial charge in [-0.1, -0.05) is 46.6 Å². The molecular weight excluding hydrogens is 385 g/mol. The largest absolute Gasteiger partial charge is 0.454 e. The minimum Gasteiger partial charge on any atom is -0.454 e. The number of aromatic nitrogens is 1. The van der Waals surface area contributed by atoms with Crippen LogP contribution in [0.15, 0.2) is 40.9 Å². The first-order valence-electron chi connectivity index (χ1n) is 8.47. The summed E-state index contributed by atoms with van der Waals surface area (Å²) in [4.78, 5) is 25.0. The Morgan fingerprint density at radius 3 is 2.61 bits per heavy atom. The number of ketones is 1. The molecule has 2 aromatic carbocycles. The summed E-state index contributed by atoms with van der Waals surface area (Å²) in [6, 6.07) is 9.49. The van der Waals surface area contributed by atoms with Crippen molar-refractivity contribution in [2.24, 2.45) is 0 Å². The third kappa shape index (κ3) is 3.82. The van der Waals surface area contributed by atoms with Crippen LogP contribution in [0.25, 0.3) is 11.3 Å². The van der Waals surface area contributed by atoms with Crippen LogP contribution < -0.4 is 0 Å². The summed E-state index contributed by atoms with van der Waals surface area (Å²) in [7, 11) is 0. The predicted molar refractivity (Wildman–Crippen MR) is 102 cm³/mol. The molecule has 0 aliphatic carbocycles. The topological polar surface area (TPSA) is 69.4 Å². The first-order chi connectivity index (χ1) is 13.3. The van der Waals surface area contributed by atoms with Crippen molar-refractivity contribution in [3.63, 3.8) is 0 Å². The van der Waals surface area contributed by atoms with E-state index in [2.05, 4.69) is 5.16 Å². The third-order valence-electron chi connectivity index (χ3n) is 4.28. The summed E-state index contributed by atoms with van der Waals surface area (Å²) in [5.74, 6) is -1.70. The fourth-order valence-electron chi connectivity index (χ4n) is 2.91. The van der Waals surface area contributed by atoms with E-state index in [9.17, 15) is 14.0 Å². The lowest BCUT2D eigenvalue weighted by molar-refractivity contribution is 0.0473. The highest BCUT2D eigenvalue weighted by Crippen LogP contribution is 2.33. The van der Waals surface area contributed by atoms with Gasteiger partial charge in [0.15, 0.2) is 6.61 Å². The van der Waals surface area contributed by atoms with Crippen molar-refractivity contribution < 1.29 is 23.2 Å². The van der Waals surface area contributed by atoms with Crippen molar-refractivity contribution in [2.45, 2.75) is 20.8 Å². The van der Waals surface area contributed by atoms with Gasteiger partial charge in [0.2, 0.25) is 5.78 Å². The summed E-state index contributed by atoms with van der Waals surface area (Å²) >= 11 is 6.06. The third-order valence-corrected chi connectivity index (χ3v) is 4.60. The second-order valence-electron chi connectivity index (χ2n) is 6.38. The molecule has 3 rings (SSSR count). The molecule has 0 saturated carbocycles. The molecule has 0 bridgehead atoms. The maximum Gasteiger partial charge on any atom is 0.344 e. The Balaban J connectivity index is 1.84. The highest BCUT2D eigenvalue weighted by molar-refractivity contribution is 6.33. The van der Waals surface area contributed by atoms with Gasteiger partial charge in [-0.25, -0.2) is 9.18 Å². The molecule has 28 heavy (non-hydrogen) atoms. The van der Waals surface area contributed by atoms with Gasteiger partial charge < -0.3 is 9.26 Å². The zero-order valence-corrected chi connectivity index (χ0v) is 16.3. The number of rotatable bonds is 5. The molecule has 0 aliphatic rings. The molecule has 0 aliphatic heterocycles. The van der Waals surface area contributed by atoms with Gasteiger partial charge in [0, 0.05) is 5.56 Å². The van der Waals surface area contributed by atoms with Crippen LogP contribution in [0.1, 0.15) is 37.6 Å². The SMILES string of the molecule is Cc1ccc(C(=O)COC(=O)c2c(-c3c(F)cccc3Cl)noc2C)c(C)c1. The molecule has 0 N–H and O–H groups in total. The molecule has 7 heteroatoms. The standard InChI is InChI=1S/C21H17ClFNO4/c1-11-7-8-14(12(2)9-11)17(25)10-27-21(26)18-13(3)28-24-20(18)19-15(22)5-4-6-16(19)23/h4-9H,10H2,1-3H3. The highest BCUT2D eigenvalue weighted by Gasteiger charge is 2.27. The number of nitrogens with zero attached hydrogens (tertiary/aromatic N) is 1. The molecule has 0 fully saturated rings. The van der Waals surface area contributed by atoms with Crippen molar-refractivity contribution >= 4 is 23.4 Å². The lowest BCUT2D eigenvalue weighted by Crippen LogP contribution is -2.16. The van der Waals surface area contributed by atoms with Gasteiger partial charge in [0.1, 0.15) is 22.8 Å². The maximum atomic E-state index is 14.2. The minimum atomic E-state index is -0.841. The monoisotopic (exact) mass is 401 g/mol. The first kappa shape index (κ1) is 19.8. The highest BCUT2D eigenvalue weighted by atomic mass is 35.5. The zero-order chi connectivity index (χ0) is 20.4. The Morgan fingerprint density at radius 2 is 1.93 bits per heavy atom. The van der Waals surface area contributed by atoms with E-state index in [1.807, 2.05) is 26.0 Å². The van der Waals surface area contributed by atoms with Gasteiger partial charge in [0.05, 0.1) is 10.6 Å². The second kappa shape index (κ2) is 7.94. The van der Waals surface area contributed by atoms with Crippen LogP contribution in [0.5, 0.6) is 0 Å². The number of hydrogen-bond acceptors (Lipinski definition) is 5. The Labute approximate surface area is 166 Å². The van der Waals surface area contributed by atoms with Gasteiger partial charge in [-0.2, -0.15) is 0 Å². The van der Waals surface area contributed by atoms with E-state index in [0.29, 0.717) is 5.56 Å². The van der Waals surface area contributed by atoms with Gasteiger partial charge >= 0.3 is 5.97 Å². The lowest BCUT2D eigenvalue weighted by Gasteiger charge is -2.08. The number of Topliss-reactive ketones (excluding diaryl/α,β-unsaturated/α-hetero) is 1. The van der Waals surface area contributed by atoms with E-state index < -0.39 is 18.4 Å². The quantitative estimate of drug-likeness (QED) is 0.439. The molecular formula is C21H17ClFNO4. The van der Waals surface area contributed by atoms with Crippen LogP contribution in [0, 0.1) is 26.6 Å². The zero-order valence-electron chi connectivity index (χ0n) is 15.5. The van der Waals surface area contributed by atoms with Crippen molar-refractivity contribution in [1.82, 2.24) is 5.16 Å². The summed E-state index contributed by atoms with van der Waals surface area (Å²) in [5, 5.41) is 3.83. The molecule has 144 valence electrons. The molecule has 0 atom stereocenters. The van der Waals surface area contributed by atoms with E-state index in [-0.39, 0.29) is 33.4 Å². The van der Waals surface area contributed by atoms with Crippen molar-refractivity contribution in [3.8, 4) is 11.3 Å².